The zero-order chi connectivity index (χ0) is 70.5. The standard InChI is InChI=1S/C53H37N3.C45H31N5/c1-3-14-46(15-4-1)55(51-21-11-13-44-12-7-8-18-49(44)51)48-36-34-43(35-37-48)41-28-26-39(27-29-41)38-22-24-40(25-23-38)42-30-32-45(33-31-42)53-54-50-19-9-10-20-52(50)56(53)47-16-5-2-6-17-47;1-3-14-36(15-4-1)49(43-21-11-13-32-12-7-8-18-39(32)43)38-28-26-34(27-29-38)42-31-46-41(30-47-42)33-22-24-35(25-23-33)45-48-40-19-9-10-20-44(40)50(45)37-16-5-2-6-17-37/h1-37H;1-31H. The van der Waals surface area contributed by atoms with Gasteiger partial charge in [-0.3, -0.25) is 19.1 Å². The van der Waals surface area contributed by atoms with E-state index < -0.39 is 0 Å². The largest absolute Gasteiger partial charge is 0.310 e. The van der Waals surface area contributed by atoms with Crippen molar-refractivity contribution in [2.75, 3.05) is 9.80 Å². The van der Waals surface area contributed by atoms with Gasteiger partial charge in [-0.1, -0.05) is 291 Å². The molecule has 0 atom stereocenters. The van der Waals surface area contributed by atoms with Crippen molar-refractivity contribution in [3.63, 3.8) is 0 Å². The van der Waals surface area contributed by atoms with Crippen molar-refractivity contribution in [1.82, 2.24) is 29.1 Å². The Bertz CT molecular complexity index is 6240. The van der Waals surface area contributed by atoms with Crippen molar-refractivity contribution >= 4 is 77.7 Å². The van der Waals surface area contributed by atoms with Crippen molar-refractivity contribution in [2.45, 2.75) is 0 Å². The van der Waals surface area contributed by atoms with Crippen LogP contribution in [-0.2, 0) is 0 Å². The minimum atomic E-state index is 0.819. The van der Waals surface area contributed by atoms with Gasteiger partial charge in [0, 0.05) is 67.2 Å². The molecule has 16 aromatic carbocycles. The summed E-state index contributed by atoms with van der Waals surface area (Å²) in [4.78, 5) is 24.3. The zero-order valence-corrected chi connectivity index (χ0v) is 57.8. The molecule has 0 amide bonds. The SMILES string of the molecule is c1ccc(N(c2ccc(-c3ccc(-c4ccc(-c5ccc(-c6nc7ccccc7n6-c6ccccc6)cc5)cc4)cc3)cc2)c2cccc3ccccc23)cc1.c1ccc(N(c2ccc(-c3cnc(-c4ccc(-c5nc6ccccc6n5-c5ccccc5)cc4)cn3)cc2)c2cccc3ccccc23)cc1. The lowest BCUT2D eigenvalue weighted by molar-refractivity contribution is 1.10. The van der Waals surface area contributed by atoms with E-state index in [0.29, 0.717) is 0 Å². The molecule has 500 valence electrons. The topological polar surface area (TPSA) is 67.9 Å². The molecular weight excluding hydrogens is 1290 g/mol. The number of benzene rings is 16. The van der Waals surface area contributed by atoms with E-state index in [2.05, 4.69) is 389 Å². The van der Waals surface area contributed by atoms with Crippen LogP contribution in [0.5, 0.6) is 0 Å². The van der Waals surface area contributed by atoms with Crippen molar-refractivity contribution in [2.24, 2.45) is 0 Å². The number of fused-ring (bicyclic) bond motifs is 4. The highest BCUT2D eigenvalue weighted by Gasteiger charge is 2.20. The molecule has 8 heteroatoms. The molecule has 0 aliphatic carbocycles. The van der Waals surface area contributed by atoms with Crippen LogP contribution in [0, 0.1) is 0 Å². The van der Waals surface area contributed by atoms with Crippen LogP contribution >= 0.6 is 0 Å². The van der Waals surface area contributed by atoms with E-state index in [1.165, 1.54) is 54.9 Å². The molecule has 0 bridgehead atoms. The molecule has 0 spiro atoms. The van der Waals surface area contributed by atoms with E-state index in [1.807, 2.05) is 42.7 Å². The second-order valence-corrected chi connectivity index (χ2v) is 26.2. The second-order valence-electron chi connectivity index (χ2n) is 26.2. The zero-order valence-electron chi connectivity index (χ0n) is 57.8. The first-order valence-corrected chi connectivity index (χ1v) is 35.7. The number of rotatable bonds is 15. The molecule has 3 heterocycles. The number of anilines is 6. The van der Waals surface area contributed by atoms with Crippen molar-refractivity contribution in [3.05, 3.63) is 413 Å². The van der Waals surface area contributed by atoms with E-state index in [9.17, 15) is 0 Å². The maximum Gasteiger partial charge on any atom is 0.145 e. The van der Waals surface area contributed by atoms with E-state index >= 15 is 0 Å². The molecule has 0 aliphatic rings. The molecule has 0 aliphatic heterocycles. The number of nitrogens with zero attached hydrogens (tertiary/aromatic N) is 8. The van der Waals surface area contributed by atoms with Gasteiger partial charge in [0.2, 0.25) is 0 Å². The molecule has 0 unspecified atom stereocenters. The van der Waals surface area contributed by atoms with Gasteiger partial charge in [0.1, 0.15) is 11.6 Å². The molecule has 0 N–H and O–H groups in total. The lowest BCUT2D eigenvalue weighted by Gasteiger charge is -2.27. The van der Waals surface area contributed by atoms with Crippen LogP contribution in [0.15, 0.2) is 413 Å². The molecule has 106 heavy (non-hydrogen) atoms. The third-order valence-electron chi connectivity index (χ3n) is 19.7. The Hall–Kier alpha value is -14.3. The first-order chi connectivity index (χ1) is 52.6. The van der Waals surface area contributed by atoms with Gasteiger partial charge in [-0.05, 0) is 153 Å². The molecular formula is C98H68N8. The normalized spacial score (nSPS) is 11.2. The van der Waals surface area contributed by atoms with Crippen LogP contribution in [0.3, 0.4) is 0 Å². The average Bonchev–Trinajstić information content (AvgIpc) is 1.51. The Morgan fingerprint density at radius 1 is 0.208 bits per heavy atom. The summed E-state index contributed by atoms with van der Waals surface area (Å²) >= 11 is 0. The maximum absolute atomic E-state index is 5.04. The summed E-state index contributed by atoms with van der Waals surface area (Å²) in [6, 6.07) is 141. The van der Waals surface area contributed by atoms with Crippen LogP contribution in [0.2, 0.25) is 0 Å². The number of aromatic nitrogens is 6. The summed E-state index contributed by atoms with van der Waals surface area (Å²) in [7, 11) is 0. The molecule has 0 saturated carbocycles. The van der Waals surface area contributed by atoms with Crippen LogP contribution in [0.25, 0.3) is 134 Å². The number of imidazole rings is 2. The summed E-state index contributed by atoms with van der Waals surface area (Å²) in [5.41, 5.74) is 25.9. The van der Waals surface area contributed by atoms with E-state index in [4.69, 9.17) is 19.9 Å². The summed E-state index contributed by atoms with van der Waals surface area (Å²) in [6.45, 7) is 0. The Kier molecular flexibility index (Phi) is 17.2. The lowest BCUT2D eigenvalue weighted by atomic mass is 9.97. The van der Waals surface area contributed by atoms with Gasteiger partial charge in [-0.15, -0.1) is 0 Å². The van der Waals surface area contributed by atoms with Crippen LogP contribution in [0.1, 0.15) is 0 Å². The minimum Gasteiger partial charge on any atom is -0.310 e. The van der Waals surface area contributed by atoms with E-state index in [1.54, 1.807) is 0 Å². The highest BCUT2D eigenvalue weighted by atomic mass is 15.2. The van der Waals surface area contributed by atoms with Gasteiger partial charge >= 0.3 is 0 Å². The highest BCUT2D eigenvalue weighted by molar-refractivity contribution is 6.01. The van der Waals surface area contributed by atoms with Crippen molar-refractivity contribution in [1.29, 1.82) is 0 Å². The number of hydrogen-bond acceptors (Lipinski definition) is 6. The van der Waals surface area contributed by atoms with Gasteiger partial charge in [-0.2, -0.15) is 0 Å². The van der Waals surface area contributed by atoms with Gasteiger partial charge in [-0.25, -0.2) is 9.97 Å². The first kappa shape index (κ1) is 63.8. The van der Waals surface area contributed by atoms with Crippen molar-refractivity contribution < 1.29 is 0 Å². The van der Waals surface area contributed by atoms with Crippen LogP contribution in [-0.4, -0.2) is 29.1 Å². The van der Waals surface area contributed by atoms with Gasteiger partial charge < -0.3 is 9.80 Å². The molecule has 0 fully saturated rings. The Morgan fingerprint density at radius 3 is 0.849 bits per heavy atom. The molecule has 0 saturated heterocycles. The molecule has 8 nitrogen and oxygen atoms in total. The summed E-state index contributed by atoms with van der Waals surface area (Å²) < 4.78 is 4.46. The predicted octanol–water partition coefficient (Wildman–Crippen LogP) is 25.8. The Balaban J connectivity index is 0.000000151. The summed E-state index contributed by atoms with van der Waals surface area (Å²) in [5.74, 6) is 1.84. The van der Waals surface area contributed by atoms with Crippen LogP contribution in [0.4, 0.5) is 34.1 Å². The molecule has 0 radical (unpaired) electrons. The van der Waals surface area contributed by atoms with Crippen LogP contribution < -0.4 is 9.80 Å². The first-order valence-electron chi connectivity index (χ1n) is 35.7. The predicted molar refractivity (Wildman–Crippen MR) is 440 cm³/mol. The smallest absolute Gasteiger partial charge is 0.145 e. The third kappa shape index (κ3) is 12.7. The van der Waals surface area contributed by atoms with Gasteiger partial charge in [0.25, 0.3) is 0 Å². The fourth-order valence-electron chi connectivity index (χ4n) is 14.5. The summed E-state index contributed by atoms with van der Waals surface area (Å²) in [5, 5.41) is 4.86. The Morgan fingerprint density at radius 2 is 0.481 bits per heavy atom. The van der Waals surface area contributed by atoms with E-state index in [-0.39, 0.29) is 0 Å². The third-order valence-corrected chi connectivity index (χ3v) is 19.7. The van der Waals surface area contributed by atoms with Gasteiger partial charge in [0.15, 0.2) is 0 Å². The van der Waals surface area contributed by atoms with E-state index in [0.717, 1.165) is 113 Å². The van der Waals surface area contributed by atoms with Crippen molar-refractivity contribution in [3.8, 4) is 90.0 Å². The Labute approximate surface area is 615 Å². The molecule has 3 aromatic heterocycles. The second kappa shape index (κ2) is 28.6. The minimum absolute atomic E-state index is 0.819. The molecule has 19 rings (SSSR count). The molecule has 19 aromatic rings. The quantitative estimate of drug-likeness (QED) is 0.102. The monoisotopic (exact) mass is 1360 g/mol. The number of hydrogen-bond donors (Lipinski definition) is 0. The highest BCUT2D eigenvalue weighted by Crippen LogP contribution is 2.43. The van der Waals surface area contributed by atoms with Gasteiger partial charge in [0.05, 0.1) is 57.2 Å². The number of para-hydroxylation sites is 8. The lowest BCUT2D eigenvalue weighted by Crippen LogP contribution is -2.10. The average molecular weight is 1360 g/mol. The fraction of sp³-hybridized carbons (Fsp3) is 0. The summed E-state index contributed by atoms with van der Waals surface area (Å²) in [6.07, 6.45) is 3.70. The fourth-order valence-corrected chi connectivity index (χ4v) is 14.5. The maximum atomic E-state index is 5.04.